The van der Waals surface area contributed by atoms with Crippen LogP contribution in [0.2, 0.25) is 0 Å². The SMILES string of the molecule is Cc1ccc(NC(=O)CSc2ccc(NC(=O)c3cccc(F)c3)nn2)cc1. The number of nitrogens with zero attached hydrogens (tertiary/aromatic N) is 2. The van der Waals surface area contributed by atoms with E-state index >= 15 is 0 Å². The summed E-state index contributed by atoms with van der Waals surface area (Å²) in [5.74, 6) is -0.708. The summed E-state index contributed by atoms with van der Waals surface area (Å²) in [6.07, 6.45) is 0. The number of aromatic nitrogens is 2. The van der Waals surface area contributed by atoms with Crippen LogP contribution in [0.1, 0.15) is 15.9 Å². The Balaban J connectivity index is 1.50. The van der Waals surface area contributed by atoms with Crippen LogP contribution < -0.4 is 10.6 Å². The van der Waals surface area contributed by atoms with Crippen molar-refractivity contribution in [2.45, 2.75) is 11.9 Å². The van der Waals surface area contributed by atoms with Crippen molar-refractivity contribution in [1.29, 1.82) is 0 Å². The predicted molar refractivity (Wildman–Crippen MR) is 107 cm³/mol. The lowest BCUT2D eigenvalue weighted by Crippen LogP contribution is -2.14. The summed E-state index contributed by atoms with van der Waals surface area (Å²) >= 11 is 1.23. The minimum atomic E-state index is -0.491. The van der Waals surface area contributed by atoms with Crippen molar-refractivity contribution in [3.63, 3.8) is 0 Å². The number of amides is 2. The number of rotatable bonds is 6. The third-order valence-electron chi connectivity index (χ3n) is 3.65. The molecule has 0 spiro atoms. The lowest BCUT2D eigenvalue weighted by atomic mass is 10.2. The van der Waals surface area contributed by atoms with Crippen molar-refractivity contribution in [2.24, 2.45) is 0 Å². The molecule has 0 bridgehead atoms. The molecule has 0 aliphatic rings. The van der Waals surface area contributed by atoms with Gasteiger partial charge in [-0.15, -0.1) is 10.2 Å². The number of hydrogen-bond donors (Lipinski definition) is 2. The highest BCUT2D eigenvalue weighted by molar-refractivity contribution is 7.99. The topological polar surface area (TPSA) is 84.0 Å². The molecule has 0 atom stereocenters. The van der Waals surface area contributed by atoms with Gasteiger partial charge in [-0.2, -0.15) is 0 Å². The fourth-order valence-corrected chi connectivity index (χ4v) is 2.87. The fraction of sp³-hybridized carbons (Fsp3) is 0.100. The molecular weight excluding hydrogens is 379 g/mol. The van der Waals surface area contributed by atoms with E-state index in [4.69, 9.17) is 0 Å². The number of benzene rings is 2. The summed E-state index contributed by atoms with van der Waals surface area (Å²) in [5, 5.41) is 13.8. The Morgan fingerprint density at radius 3 is 2.46 bits per heavy atom. The molecule has 6 nitrogen and oxygen atoms in total. The third kappa shape index (κ3) is 5.62. The first kappa shape index (κ1) is 19.5. The molecule has 0 aliphatic heterocycles. The van der Waals surface area contributed by atoms with Crippen molar-refractivity contribution in [3.05, 3.63) is 77.6 Å². The Labute approximate surface area is 165 Å². The van der Waals surface area contributed by atoms with Gasteiger partial charge in [-0.05, 0) is 49.4 Å². The quantitative estimate of drug-likeness (QED) is 0.617. The standard InChI is InChI=1S/C20H17FN4O2S/c1-13-5-7-16(8-6-13)22-18(26)12-28-19-10-9-17(24-25-19)23-20(27)14-3-2-4-15(21)11-14/h2-11H,12H2,1H3,(H,22,26)(H,23,24,27). The maximum Gasteiger partial charge on any atom is 0.256 e. The van der Waals surface area contributed by atoms with Crippen LogP contribution in [0.15, 0.2) is 65.7 Å². The first-order chi connectivity index (χ1) is 13.5. The van der Waals surface area contributed by atoms with Gasteiger partial charge in [0.2, 0.25) is 5.91 Å². The van der Waals surface area contributed by atoms with Crippen LogP contribution in [0.3, 0.4) is 0 Å². The second kappa shape index (κ2) is 9.09. The van der Waals surface area contributed by atoms with Crippen LogP contribution in [0, 0.1) is 12.7 Å². The van der Waals surface area contributed by atoms with Crippen LogP contribution in [0.4, 0.5) is 15.9 Å². The third-order valence-corrected chi connectivity index (χ3v) is 4.57. The van der Waals surface area contributed by atoms with Crippen molar-refractivity contribution in [2.75, 3.05) is 16.4 Å². The van der Waals surface area contributed by atoms with E-state index in [-0.39, 0.29) is 23.0 Å². The largest absolute Gasteiger partial charge is 0.325 e. The van der Waals surface area contributed by atoms with Crippen LogP contribution in [0.25, 0.3) is 0 Å². The molecule has 142 valence electrons. The zero-order chi connectivity index (χ0) is 19.9. The molecule has 0 radical (unpaired) electrons. The normalized spacial score (nSPS) is 10.4. The van der Waals surface area contributed by atoms with Crippen molar-refractivity contribution in [3.8, 4) is 0 Å². The van der Waals surface area contributed by atoms with Gasteiger partial charge in [0, 0.05) is 11.3 Å². The second-order valence-electron chi connectivity index (χ2n) is 5.92. The molecule has 8 heteroatoms. The molecule has 3 rings (SSSR count). The van der Waals surface area contributed by atoms with E-state index in [1.54, 1.807) is 12.1 Å². The summed E-state index contributed by atoms with van der Waals surface area (Å²) in [6.45, 7) is 1.98. The molecule has 1 heterocycles. The number of halogens is 1. The van der Waals surface area contributed by atoms with Gasteiger partial charge < -0.3 is 10.6 Å². The highest BCUT2D eigenvalue weighted by atomic mass is 32.2. The number of thioether (sulfide) groups is 1. The van der Waals surface area contributed by atoms with Crippen LogP contribution in [-0.4, -0.2) is 27.8 Å². The number of carbonyl (C=O) groups excluding carboxylic acids is 2. The number of carbonyl (C=O) groups is 2. The minimum absolute atomic E-state index is 0.154. The van der Waals surface area contributed by atoms with E-state index in [2.05, 4.69) is 20.8 Å². The average Bonchev–Trinajstić information content (AvgIpc) is 2.69. The van der Waals surface area contributed by atoms with Gasteiger partial charge in [0.05, 0.1) is 5.75 Å². The Morgan fingerprint density at radius 1 is 1.00 bits per heavy atom. The van der Waals surface area contributed by atoms with Gasteiger partial charge in [-0.3, -0.25) is 9.59 Å². The molecular formula is C20H17FN4O2S. The molecule has 0 unspecified atom stereocenters. The molecule has 2 N–H and O–H groups in total. The smallest absolute Gasteiger partial charge is 0.256 e. The summed E-state index contributed by atoms with van der Waals surface area (Å²) < 4.78 is 13.2. The highest BCUT2D eigenvalue weighted by Gasteiger charge is 2.09. The van der Waals surface area contributed by atoms with Gasteiger partial charge >= 0.3 is 0 Å². The number of hydrogen-bond acceptors (Lipinski definition) is 5. The molecule has 0 saturated carbocycles. The Hall–Kier alpha value is -3.26. The van der Waals surface area contributed by atoms with E-state index < -0.39 is 11.7 Å². The molecule has 2 amide bonds. The fourth-order valence-electron chi connectivity index (χ4n) is 2.26. The first-order valence-corrected chi connectivity index (χ1v) is 9.38. The van der Waals surface area contributed by atoms with Crippen LogP contribution in [0.5, 0.6) is 0 Å². The zero-order valence-electron chi connectivity index (χ0n) is 15.0. The maximum absolute atomic E-state index is 13.2. The highest BCUT2D eigenvalue weighted by Crippen LogP contribution is 2.17. The van der Waals surface area contributed by atoms with E-state index in [0.29, 0.717) is 5.03 Å². The number of anilines is 2. The van der Waals surface area contributed by atoms with Gasteiger partial charge in [-0.1, -0.05) is 35.5 Å². The van der Waals surface area contributed by atoms with Crippen molar-refractivity contribution >= 4 is 35.1 Å². The lowest BCUT2D eigenvalue weighted by Gasteiger charge is -2.06. The van der Waals surface area contributed by atoms with Crippen LogP contribution in [-0.2, 0) is 4.79 Å². The first-order valence-electron chi connectivity index (χ1n) is 8.39. The summed E-state index contributed by atoms with van der Waals surface area (Å²) in [5.41, 5.74) is 2.04. The molecule has 3 aromatic rings. The predicted octanol–water partition coefficient (Wildman–Crippen LogP) is 3.91. The van der Waals surface area contributed by atoms with Crippen molar-refractivity contribution in [1.82, 2.24) is 10.2 Å². The Kier molecular flexibility index (Phi) is 6.33. The van der Waals surface area contributed by atoms with Gasteiger partial charge in [0.1, 0.15) is 10.8 Å². The Morgan fingerprint density at radius 2 is 1.79 bits per heavy atom. The molecule has 0 saturated heterocycles. The van der Waals surface area contributed by atoms with Gasteiger partial charge in [0.25, 0.3) is 5.91 Å². The van der Waals surface area contributed by atoms with Crippen LogP contribution >= 0.6 is 11.8 Å². The molecule has 2 aromatic carbocycles. The average molecular weight is 396 g/mol. The zero-order valence-corrected chi connectivity index (χ0v) is 15.8. The summed E-state index contributed by atoms with van der Waals surface area (Å²) in [6, 6.07) is 16.1. The molecule has 0 aliphatic carbocycles. The second-order valence-corrected chi connectivity index (χ2v) is 6.92. The number of aryl methyl sites for hydroxylation is 1. The number of nitrogens with one attached hydrogen (secondary N) is 2. The molecule has 0 fully saturated rings. The van der Waals surface area contributed by atoms with Crippen molar-refractivity contribution < 1.29 is 14.0 Å². The lowest BCUT2D eigenvalue weighted by molar-refractivity contribution is -0.113. The monoisotopic (exact) mass is 396 g/mol. The van der Waals surface area contributed by atoms with E-state index in [1.165, 1.54) is 30.0 Å². The van der Waals surface area contributed by atoms with Gasteiger partial charge in [-0.25, -0.2) is 4.39 Å². The summed E-state index contributed by atoms with van der Waals surface area (Å²) in [4.78, 5) is 24.1. The van der Waals surface area contributed by atoms with E-state index in [0.717, 1.165) is 17.3 Å². The Bertz CT molecular complexity index is 978. The van der Waals surface area contributed by atoms with E-state index in [9.17, 15) is 14.0 Å². The summed E-state index contributed by atoms with van der Waals surface area (Å²) in [7, 11) is 0. The maximum atomic E-state index is 13.2. The van der Waals surface area contributed by atoms with E-state index in [1.807, 2.05) is 31.2 Å². The molecule has 28 heavy (non-hydrogen) atoms. The molecule has 1 aromatic heterocycles. The minimum Gasteiger partial charge on any atom is -0.325 e. The van der Waals surface area contributed by atoms with Gasteiger partial charge in [0.15, 0.2) is 5.82 Å².